The molecule has 0 bridgehead atoms. The van der Waals surface area contributed by atoms with Gasteiger partial charge in [-0.25, -0.2) is 9.78 Å². The molecule has 0 saturated carbocycles. The van der Waals surface area contributed by atoms with E-state index in [2.05, 4.69) is 37.9 Å². The topological polar surface area (TPSA) is 43.2 Å². The summed E-state index contributed by atoms with van der Waals surface area (Å²) in [5.74, 6) is 0. The van der Waals surface area contributed by atoms with E-state index >= 15 is 0 Å². The quantitative estimate of drug-likeness (QED) is 0.279. The first kappa shape index (κ1) is 18.5. The number of azo groups is 1. The molecule has 0 rings (SSSR count). The zero-order valence-corrected chi connectivity index (χ0v) is 14.0. The van der Waals surface area contributed by atoms with Crippen LogP contribution in [0.1, 0.15) is 74.7 Å². The van der Waals surface area contributed by atoms with E-state index in [4.69, 9.17) is 9.78 Å². The van der Waals surface area contributed by atoms with Crippen LogP contribution in [0.2, 0.25) is 0 Å². The first-order valence-corrected chi connectivity index (χ1v) is 7.23. The highest BCUT2D eigenvalue weighted by Gasteiger charge is 2.34. The highest BCUT2D eigenvalue weighted by molar-refractivity contribution is 4.77. The van der Waals surface area contributed by atoms with E-state index in [1.54, 1.807) is 0 Å². The van der Waals surface area contributed by atoms with Crippen molar-refractivity contribution in [2.24, 2.45) is 15.6 Å². The summed E-state index contributed by atoms with van der Waals surface area (Å²) in [6, 6.07) is 0. The molecule has 0 spiro atoms. The molecule has 0 saturated heterocycles. The van der Waals surface area contributed by atoms with Crippen LogP contribution in [0.25, 0.3) is 0 Å². The van der Waals surface area contributed by atoms with E-state index in [-0.39, 0.29) is 11.0 Å². The maximum absolute atomic E-state index is 5.59. The molecule has 0 amide bonds. The van der Waals surface area contributed by atoms with Crippen molar-refractivity contribution < 1.29 is 9.78 Å². The van der Waals surface area contributed by atoms with Crippen molar-refractivity contribution in [3.8, 4) is 0 Å². The number of nitrogens with zero attached hydrogens (tertiary/aromatic N) is 2. The normalized spacial score (nSPS) is 16.8. The fourth-order valence-electron chi connectivity index (χ4n) is 1.71. The number of unbranched alkanes of at least 4 members (excludes halogenated alkanes) is 1. The second kappa shape index (κ2) is 7.34. The first-order chi connectivity index (χ1) is 8.47. The molecule has 0 aromatic carbocycles. The number of hydrogen-bond donors (Lipinski definition) is 0. The van der Waals surface area contributed by atoms with Crippen molar-refractivity contribution in [3.63, 3.8) is 0 Å². The van der Waals surface area contributed by atoms with Gasteiger partial charge in [-0.05, 0) is 39.5 Å². The minimum absolute atomic E-state index is 0.0970. The molecule has 0 N–H and O–H groups in total. The van der Waals surface area contributed by atoms with Gasteiger partial charge < -0.3 is 0 Å². The van der Waals surface area contributed by atoms with Crippen molar-refractivity contribution in [2.75, 3.05) is 6.54 Å². The predicted molar refractivity (Wildman–Crippen MR) is 79.0 cm³/mol. The SMILES string of the molecule is CCCCN=NC(C)(CC(C)(C)C)OOC(C)(C)C. The fourth-order valence-corrected chi connectivity index (χ4v) is 1.71. The lowest BCUT2D eigenvalue weighted by molar-refractivity contribution is -0.404. The van der Waals surface area contributed by atoms with Crippen LogP contribution in [0.3, 0.4) is 0 Å². The molecular formula is C15H32N2O2. The lowest BCUT2D eigenvalue weighted by Gasteiger charge is -2.32. The van der Waals surface area contributed by atoms with Gasteiger partial charge in [0.2, 0.25) is 5.72 Å². The minimum Gasteiger partial charge on any atom is -0.228 e. The Labute approximate surface area is 118 Å². The van der Waals surface area contributed by atoms with Gasteiger partial charge in [0.25, 0.3) is 0 Å². The molecule has 4 heteroatoms. The zero-order chi connectivity index (χ0) is 15.2. The van der Waals surface area contributed by atoms with Crippen LogP contribution in [-0.2, 0) is 9.78 Å². The molecule has 0 aromatic heterocycles. The van der Waals surface area contributed by atoms with Gasteiger partial charge in [0, 0.05) is 6.42 Å². The summed E-state index contributed by atoms with van der Waals surface area (Å²) in [6.07, 6.45) is 2.93. The fraction of sp³-hybridized carbons (Fsp3) is 1.00. The largest absolute Gasteiger partial charge is 0.228 e. The summed E-state index contributed by atoms with van der Waals surface area (Å²) in [5.41, 5.74) is -0.975. The van der Waals surface area contributed by atoms with Crippen LogP contribution in [0.15, 0.2) is 10.2 Å². The molecule has 0 fully saturated rings. The van der Waals surface area contributed by atoms with E-state index in [0.717, 1.165) is 25.8 Å². The molecule has 114 valence electrons. The molecule has 4 nitrogen and oxygen atoms in total. The average molecular weight is 272 g/mol. The monoisotopic (exact) mass is 272 g/mol. The van der Waals surface area contributed by atoms with Crippen LogP contribution in [0.5, 0.6) is 0 Å². The maximum Gasteiger partial charge on any atom is 0.210 e. The Bertz CT molecular complexity index is 277. The third kappa shape index (κ3) is 11.1. The van der Waals surface area contributed by atoms with Gasteiger partial charge in [-0.15, -0.1) is 0 Å². The van der Waals surface area contributed by atoms with Crippen molar-refractivity contribution in [1.29, 1.82) is 0 Å². The van der Waals surface area contributed by atoms with E-state index in [1.807, 2.05) is 27.7 Å². The van der Waals surface area contributed by atoms with E-state index in [1.165, 1.54) is 0 Å². The third-order valence-electron chi connectivity index (χ3n) is 2.22. The molecular weight excluding hydrogens is 240 g/mol. The maximum atomic E-state index is 5.59. The Morgan fingerprint density at radius 2 is 1.47 bits per heavy atom. The Morgan fingerprint density at radius 1 is 0.895 bits per heavy atom. The van der Waals surface area contributed by atoms with E-state index in [9.17, 15) is 0 Å². The van der Waals surface area contributed by atoms with Gasteiger partial charge in [-0.2, -0.15) is 10.2 Å². The van der Waals surface area contributed by atoms with Crippen molar-refractivity contribution >= 4 is 0 Å². The Morgan fingerprint density at radius 3 is 1.89 bits per heavy atom. The number of rotatable bonds is 7. The predicted octanol–water partition coefficient (Wildman–Crippen LogP) is 5.14. The van der Waals surface area contributed by atoms with Crippen molar-refractivity contribution in [2.45, 2.75) is 86.0 Å². The Hall–Kier alpha value is -0.480. The molecule has 19 heavy (non-hydrogen) atoms. The Kier molecular flexibility index (Phi) is 7.16. The lowest BCUT2D eigenvalue weighted by Crippen LogP contribution is -2.35. The molecule has 0 aromatic rings. The molecule has 0 heterocycles. The zero-order valence-electron chi connectivity index (χ0n) is 14.0. The third-order valence-corrected chi connectivity index (χ3v) is 2.22. The second-order valence-electron chi connectivity index (χ2n) is 7.51. The summed E-state index contributed by atoms with van der Waals surface area (Å²) in [7, 11) is 0. The summed E-state index contributed by atoms with van der Waals surface area (Å²) in [4.78, 5) is 11.0. The lowest BCUT2D eigenvalue weighted by atomic mass is 9.87. The summed E-state index contributed by atoms with van der Waals surface area (Å²) < 4.78 is 0. The van der Waals surface area contributed by atoms with E-state index < -0.39 is 5.72 Å². The summed E-state index contributed by atoms with van der Waals surface area (Å²) >= 11 is 0. The van der Waals surface area contributed by atoms with Crippen molar-refractivity contribution in [3.05, 3.63) is 0 Å². The van der Waals surface area contributed by atoms with Gasteiger partial charge in [-0.1, -0.05) is 34.1 Å². The molecule has 0 aliphatic carbocycles. The average Bonchev–Trinajstić information content (AvgIpc) is 2.19. The minimum atomic E-state index is -0.723. The molecule has 1 unspecified atom stereocenters. The second-order valence-corrected chi connectivity index (χ2v) is 7.51. The van der Waals surface area contributed by atoms with Crippen LogP contribution in [0, 0.1) is 5.41 Å². The van der Waals surface area contributed by atoms with Gasteiger partial charge in [-0.3, -0.25) is 0 Å². The van der Waals surface area contributed by atoms with E-state index in [0.29, 0.717) is 0 Å². The van der Waals surface area contributed by atoms with Crippen LogP contribution < -0.4 is 0 Å². The van der Waals surface area contributed by atoms with Gasteiger partial charge >= 0.3 is 0 Å². The van der Waals surface area contributed by atoms with Gasteiger partial charge in [0.05, 0.1) is 12.1 Å². The summed E-state index contributed by atoms with van der Waals surface area (Å²) in [5, 5.41) is 8.60. The van der Waals surface area contributed by atoms with Crippen molar-refractivity contribution in [1.82, 2.24) is 0 Å². The Balaban J connectivity index is 4.67. The molecule has 0 radical (unpaired) electrons. The van der Waals surface area contributed by atoms with Crippen LogP contribution in [-0.4, -0.2) is 17.9 Å². The smallest absolute Gasteiger partial charge is 0.210 e. The van der Waals surface area contributed by atoms with Gasteiger partial charge in [0.1, 0.15) is 0 Å². The molecule has 0 aliphatic rings. The van der Waals surface area contributed by atoms with Crippen LogP contribution >= 0.6 is 0 Å². The standard InChI is InChI=1S/C15H32N2O2/c1-9-10-11-16-17-15(8,12-13(2,3)4)19-18-14(5,6)7/h9-12H2,1-8H3. The van der Waals surface area contributed by atoms with Gasteiger partial charge in [0.15, 0.2) is 0 Å². The molecule has 1 atom stereocenters. The number of hydrogen-bond acceptors (Lipinski definition) is 4. The first-order valence-electron chi connectivity index (χ1n) is 7.23. The van der Waals surface area contributed by atoms with Crippen LogP contribution in [0.4, 0.5) is 0 Å². The molecule has 0 aliphatic heterocycles. The highest BCUT2D eigenvalue weighted by atomic mass is 17.2. The highest BCUT2D eigenvalue weighted by Crippen LogP contribution is 2.32. The summed E-state index contributed by atoms with van der Waals surface area (Å²) in [6.45, 7) is 17.2.